The Balaban J connectivity index is 3.09. The van der Waals surface area contributed by atoms with E-state index in [0.717, 1.165) is 23.9 Å². The Hall–Kier alpha value is 0.0800. The molecule has 0 aliphatic rings. The molecule has 0 aromatic carbocycles. The third-order valence-electron chi connectivity index (χ3n) is 2.69. The molecule has 0 saturated carbocycles. The van der Waals surface area contributed by atoms with Gasteiger partial charge in [-0.15, -0.1) is 0 Å². The van der Waals surface area contributed by atoms with Gasteiger partial charge in [0.15, 0.2) is 0 Å². The fourth-order valence-corrected chi connectivity index (χ4v) is 1.89. The predicted octanol–water partition coefficient (Wildman–Crippen LogP) is 2.98. The Morgan fingerprint density at radius 1 is 0.810 bits per heavy atom. The Morgan fingerprint density at radius 3 is 1.95 bits per heavy atom. The maximum atomic E-state index is 11.3. The lowest BCUT2D eigenvalue weighted by atomic mass is 10.2. The molecule has 0 bridgehead atoms. The van der Waals surface area contributed by atoms with Crippen LogP contribution in [0.4, 0.5) is 0 Å². The molecule has 0 amide bonds. The summed E-state index contributed by atoms with van der Waals surface area (Å²) in [5.74, 6) is -0.127. The highest BCUT2D eigenvalue weighted by Crippen LogP contribution is 2.03. The van der Waals surface area contributed by atoms with Gasteiger partial charge in [0.05, 0.1) is 39.6 Å². The van der Waals surface area contributed by atoms with Crippen LogP contribution in [-0.4, -0.2) is 56.6 Å². The smallest absolute Gasteiger partial charge is 0.305 e. The molecular formula is C15H29IO5. The molecule has 0 rings (SSSR count). The zero-order valence-corrected chi connectivity index (χ0v) is 15.3. The molecule has 0 spiro atoms. The minimum atomic E-state index is -0.127. The molecule has 0 unspecified atom stereocenters. The third kappa shape index (κ3) is 18.0. The summed E-state index contributed by atoms with van der Waals surface area (Å²) in [6.07, 6.45) is 4.89. The summed E-state index contributed by atoms with van der Waals surface area (Å²) in [5, 5.41) is 0. The second-order valence-electron chi connectivity index (χ2n) is 4.56. The lowest BCUT2D eigenvalue weighted by molar-refractivity contribution is -0.145. The SMILES string of the molecule is CCCCCCC(=O)OCCOCCOCCOCCI. The molecule has 0 fully saturated rings. The van der Waals surface area contributed by atoms with Crippen molar-refractivity contribution in [2.24, 2.45) is 0 Å². The van der Waals surface area contributed by atoms with Crippen molar-refractivity contribution < 1.29 is 23.7 Å². The second kappa shape index (κ2) is 18.1. The van der Waals surface area contributed by atoms with Crippen LogP contribution in [0.3, 0.4) is 0 Å². The summed E-state index contributed by atoms with van der Waals surface area (Å²) in [4.78, 5) is 11.3. The van der Waals surface area contributed by atoms with Gasteiger partial charge in [0.1, 0.15) is 6.61 Å². The summed E-state index contributed by atoms with van der Waals surface area (Å²) in [7, 11) is 0. The molecule has 0 radical (unpaired) electrons. The lowest BCUT2D eigenvalue weighted by Gasteiger charge is -2.07. The third-order valence-corrected chi connectivity index (χ3v) is 3.13. The number of carbonyl (C=O) groups is 1. The molecular weight excluding hydrogens is 387 g/mol. The van der Waals surface area contributed by atoms with Crippen molar-refractivity contribution in [3.05, 3.63) is 0 Å². The molecule has 0 heterocycles. The first kappa shape index (κ1) is 21.1. The lowest BCUT2D eigenvalue weighted by Crippen LogP contribution is -2.14. The molecule has 0 aromatic rings. The van der Waals surface area contributed by atoms with E-state index in [1.54, 1.807) is 0 Å². The van der Waals surface area contributed by atoms with Crippen molar-refractivity contribution in [3.63, 3.8) is 0 Å². The summed E-state index contributed by atoms with van der Waals surface area (Å²) < 4.78 is 22.0. The molecule has 0 aliphatic heterocycles. The highest BCUT2D eigenvalue weighted by Gasteiger charge is 2.01. The number of hydrogen-bond acceptors (Lipinski definition) is 5. The van der Waals surface area contributed by atoms with Crippen LogP contribution in [0.25, 0.3) is 0 Å². The van der Waals surface area contributed by atoms with Crippen molar-refractivity contribution in [3.8, 4) is 0 Å². The average molecular weight is 416 g/mol. The largest absolute Gasteiger partial charge is 0.463 e. The van der Waals surface area contributed by atoms with Crippen LogP contribution >= 0.6 is 22.6 Å². The van der Waals surface area contributed by atoms with Gasteiger partial charge in [-0.2, -0.15) is 0 Å². The van der Waals surface area contributed by atoms with Gasteiger partial charge in [-0.3, -0.25) is 4.79 Å². The average Bonchev–Trinajstić information content (AvgIpc) is 2.49. The first-order valence-electron chi connectivity index (χ1n) is 7.76. The molecule has 5 nitrogen and oxygen atoms in total. The number of unbranched alkanes of at least 4 members (excludes halogenated alkanes) is 3. The minimum Gasteiger partial charge on any atom is -0.463 e. The number of esters is 1. The van der Waals surface area contributed by atoms with Crippen LogP contribution in [0.5, 0.6) is 0 Å². The quantitative estimate of drug-likeness (QED) is 0.168. The Morgan fingerprint density at radius 2 is 1.38 bits per heavy atom. The summed E-state index contributed by atoms with van der Waals surface area (Å²) in [5.41, 5.74) is 0. The summed E-state index contributed by atoms with van der Waals surface area (Å²) >= 11 is 2.27. The van der Waals surface area contributed by atoms with Crippen LogP contribution < -0.4 is 0 Å². The molecule has 0 N–H and O–H groups in total. The Kier molecular flexibility index (Phi) is 18.2. The molecule has 21 heavy (non-hydrogen) atoms. The first-order chi connectivity index (χ1) is 10.3. The van der Waals surface area contributed by atoms with Gasteiger partial charge in [-0.05, 0) is 6.42 Å². The molecule has 126 valence electrons. The van der Waals surface area contributed by atoms with E-state index in [1.807, 2.05) is 0 Å². The number of halogens is 1. The number of carbonyl (C=O) groups excluding carboxylic acids is 1. The number of alkyl halides is 1. The van der Waals surface area contributed by atoms with Crippen molar-refractivity contribution >= 4 is 28.6 Å². The van der Waals surface area contributed by atoms with Gasteiger partial charge in [0.25, 0.3) is 0 Å². The van der Waals surface area contributed by atoms with Crippen LogP contribution in [-0.2, 0) is 23.7 Å². The molecule has 6 heteroatoms. The predicted molar refractivity (Wildman–Crippen MR) is 91.1 cm³/mol. The monoisotopic (exact) mass is 416 g/mol. The van der Waals surface area contributed by atoms with E-state index < -0.39 is 0 Å². The van der Waals surface area contributed by atoms with E-state index in [4.69, 9.17) is 18.9 Å². The normalized spacial score (nSPS) is 10.8. The van der Waals surface area contributed by atoms with Crippen LogP contribution in [0, 0.1) is 0 Å². The van der Waals surface area contributed by atoms with E-state index >= 15 is 0 Å². The van der Waals surface area contributed by atoms with Crippen molar-refractivity contribution in [2.45, 2.75) is 39.0 Å². The van der Waals surface area contributed by atoms with Crippen LogP contribution in [0.2, 0.25) is 0 Å². The van der Waals surface area contributed by atoms with E-state index in [0.29, 0.717) is 46.1 Å². The number of rotatable bonds is 16. The van der Waals surface area contributed by atoms with E-state index in [2.05, 4.69) is 29.5 Å². The zero-order chi connectivity index (χ0) is 15.6. The summed E-state index contributed by atoms with van der Waals surface area (Å²) in [6.45, 7) is 5.94. The van der Waals surface area contributed by atoms with Gasteiger partial charge in [0.2, 0.25) is 0 Å². The van der Waals surface area contributed by atoms with Gasteiger partial charge < -0.3 is 18.9 Å². The second-order valence-corrected chi connectivity index (χ2v) is 5.64. The first-order valence-corrected chi connectivity index (χ1v) is 9.28. The highest BCUT2D eigenvalue weighted by molar-refractivity contribution is 14.1. The zero-order valence-electron chi connectivity index (χ0n) is 13.1. The van der Waals surface area contributed by atoms with Crippen LogP contribution in [0.1, 0.15) is 39.0 Å². The van der Waals surface area contributed by atoms with E-state index in [9.17, 15) is 4.79 Å². The minimum absolute atomic E-state index is 0.127. The Labute approximate surface area is 142 Å². The van der Waals surface area contributed by atoms with Crippen molar-refractivity contribution in [1.82, 2.24) is 0 Å². The molecule has 0 aromatic heterocycles. The molecule has 0 atom stereocenters. The fraction of sp³-hybridized carbons (Fsp3) is 0.933. The van der Waals surface area contributed by atoms with Gasteiger partial charge >= 0.3 is 5.97 Å². The highest BCUT2D eigenvalue weighted by atomic mass is 127. The Bertz CT molecular complexity index is 226. The van der Waals surface area contributed by atoms with E-state index in [-0.39, 0.29) is 5.97 Å². The maximum absolute atomic E-state index is 11.3. The van der Waals surface area contributed by atoms with Crippen LogP contribution in [0.15, 0.2) is 0 Å². The van der Waals surface area contributed by atoms with Gasteiger partial charge in [-0.1, -0.05) is 48.8 Å². The fourth-order valence-electron chi connectivity index (χ4n) is 1.58. The van der Waals surface area contributed by atoms with Gasteiger partial charge in [0, 0.05) is 10.8 Å². The summed E-state index contributed by atoms with van der Waals surface area (Å²) in [6, 6.07) is 0. The van der Waals surface area contributed by atoms with E-state index in [1.165, 1.54) is 12.8 Å². The topological polar surface area (TPSA) is 54.0 Å². The van der Waals surface area contributed by atoms with Gasteiger partial charge in [-0.25, -0.2) is 0 Å². The molecule has 0 aliphatic carbocycles. The maximum Gasteiger partial charge on any atom is 0.305 e. The van der Waals surface area contributed by atoms with Crippen molar-refractivity contribution in [1.29, 1.82) is 0 Å². The number of ether oxygens (including phenoxy) is 4. The van der Waals surface area contributed by atoms with Crippen molar-refractivity contribution in [2.75, 3.05) is 50.7 Å². The molecule has 0 saturated heterocycles. The number of hydrogen-bond donors (Lipinski definition) is 0. The standard InChI is InChI=1S/C15H29IO5/c1-2-3-4-5-6-15(17)21-14-13-20-12-11-19-10-9-18-8-7-16/h2-14H2,1H3.